The molecular weight excluding hydrogens is 334 g/mol. The quantitative estimate of drug-likeness (QED) is 0.701. The predicted octanol–water partition coefficient (Wildman–Crippen LogP) is 5.92. The molecule has 150 valence electrons. The van der Waals surface area contributed by atoms with Gasteiger partial charge in [-0.15, -0.1) is 0 Å². The third-order valence-corrected chi connectivity index (χ3v) is 8.10. The summed E-state index contributed by atoms with van der Waals surface area (Å²) in [7, 11) is 0. The number of hydrogen-bond acceptors (Lipinski definition) is 2. The molecule has 0 saturated heterocycles. The second kappa shape index (κ2) is 6.67. The zero-order valence-electron chi connectivity index (χ0n) is 17.9. The van der Waals surface area contributed by atoms with Crippen LogP contribution in [0.2, 0.25) is 0 Å². The Kier molecular flexibility index (Phi) is 4.71. The number of aromatic nitrogens is 1. The van der Waals surface area contributed by atoms with E-state index in [0.717, 1.165) is 29.8 Å². The third kappa shape index (κ3) is 3.25. The van der Waals surface area contributed by atoms with E-state index in [1.807, 2.05) is 0 Å². The van der Waals surface area contributed by atoms with Crippen molar-refractivity contribution >= 4 is 0 Å². The summed E-state index contributed by atoms with van der Waals surface area (Å²) in [6.45, 7) is 11.4. The zero-order chi connectivity index (χ0) is 19.4. The van der Waals surface area contributed by atoms with Crippen LogP contribution in [0.25, 0.3) is 0 Å². The Morgan fingerprint density at radius 2 is 1.81 bits per heavy atom. The predicted molar refractivity (Wildman–Crippen MR) is 111 cm³/mol. The summed E-state index contributed by atoms with van der Waals surface area (Å²) in [5, 5.41) is 0. The maximum absolute atomic E-state index is 13.3. The van der Waals surface area contributed by atoms with E-state index in [-0.39, 0.29) is 16.6 Å². The number of fused-ring (bicyclic) bond motifs is 3. The second-order valence-electron chi connectivity index (χ2n) is 10.7. The van der Waals surface area contributed by atoms with E-state index in [1.54, 1.807) is 0 Å². The summed E-state index contributed by atoms with van der Waals surface area (Å²) in [4.78, 5) is 16.6. The van der Waals surface area contributed by atoms with Gasteiger partial charge in [-0.2, -0.15) is 0 Å². The molecule has 3 heteroatoms. The van der Waals surface area contributed by atoms with E-state index in [0.29, 0.717) is 23.7 Å². The maximum Gasteiger partial charge on any atom is 0.255 e. The molecule has 3 nitrogen and oxygen atoms in total. The number of H-pyrrole nitrogens is 1. The van der Waals surface area contributed by atoms with Crippen LogP contribution in [0.5, 0.6) is 5.75 Å². The van der Waals surface area contributed by atoms with Crippen molar-refractivity contribution in [2.24, 2.45) is 17.8 Å². The molecule has 1 aromatic rings. The molecular formula is C24H37NO2. The molecule has 3 aliphatic rings. The van der Waals surface area contributed by atoms with Crippen LogP contribution in [0.4, 0.5) is 0 Å². The fraction of sp³-hybridized carbons (Fsp3) is 0.792. The number of ether oxygens (including phenoxy) is 1. The molecule has 0 aromatic carbocycles. The average Bonchev–Trinajstić information content (AvgIpc) is 2.61. The van der Waals surface area contributed by atoms with E-state index >= 15 is 0 Å². The Morgan fingerprint density at radius 3 is 2.52 bits per heavy atom. The van der Waals surface area contributed by atoms with Crippen molar-refractivity contribution in [1.29, 1.82) is 0 Å². The number of hydrogen-bond donors (Lipinski definition) is 1. The van der Waals surface area contributed by atoms with Crippen LogP contribution in [-0.2, 0) is 5.41 Å². The van der Waals surface area contributed by atoms with Gasteiger partial charge in [-0.25, -0.2) is 0 Å². The minimum Gasteiger partial charge on any atom is -0.487 e. The SMILES string of the molecule is C[C@@H]1CCC2[C@@H](C1)c1c(cc(C(C)(C)C3CCCCC3)[nH]c1=O)OC2(C)C. The van der Waals surface area contributed by atoms with Gasteiger partial charge < -0.3 is 9.72 Å². The van der Waals surface area contributed by atoms with Gasteiger partial charge in [0.2, 0.25) is 0 Å². The lowest BCUT2D eigenvalue weighted by Gasteiger charge is -2.48. The van der Waals surface area contributed by atoms with Crippen LogP contribution in [0.3, 0.4) is 0 Å². The van der Waals surface area contributed by atoms with E-state index < -0.39 is 0 Å². The lowest BCUT2D eigenvalue weighted by atomic mass is 9.64. The van der Waals surface area contributed by atoms with E-state index in [9.17, 15) is 4.79 Å². The van der Waals surface area contributed by atoms with Gasteiger partial charge in [0.15, 0.2) is 0 Å². The Labute approximate surface area is 164 Å². The molecule has 27 heavy (non-hydrogen) atoms. The smallest absolute Gasteiger partial charge is 0.255 e. The van der Waals surface area contributed by atoms with Gasteiger partial charge >= 0.3 is 0 Å². The Hall–Kier alpha value is -1.25. The molecule has 0 spiro atoms. The van der Waals surface area contributed by atoms with E-state index in [2.05, 4.69) is 45.7 Å². The second-order valence-corrected chi connectivity index (χ2v) is 10.7. The molecule has 0 amide bonds. The van der Waals surface area contributed by atoms with Crippen molar-refractivity contribution in [1.82, 2.24) is 4.98 Å². The molecule has 0 radical (unpaired) electrons. The van der Waals surface area contributed by atoms with Crippen molar-refractivity contribution in [3.63, 3.8) is 0 Å². The van der Waals surface area contributed by atoms with Gasteiger partial charge in [-0.1, -0.05) is 46.5 Å². The van der Waals surface area contributed by atoms with Gasteiger partial charge in [0, 0.05) is 23.1 Å². The Morgan fingerprint density at radius 1 is 1.11 bits per heavy atom. The minimum absolute atomic E-state index is 0.0151. The fourth-order valence-corrected chi connectivity index (χ4v) is 6.26. The van der Waals surface area contributed by atoms with Crippen molar-refractivity contribution in [2.45, 2.75) is 103 Å². The monoisotopic (exact) mass is 371 g/mol. The van der Waals surface area contributed by atoms with Crippen LogP contribution in [0.1, 0.15) is 103 Å². The molecule has 4 rings (SSSR count). The molecule has 0 bridgehead atoms. The van der Waals surface area contributed by atoms with Gasteiger partial charge in [-0.05, 0) is 57.3 Å². The first-order valence-corrected chi connectivity index (χ1v) is 11.2. The van der Waals surface area contributed by atoms with Gasteiger partial charge in [0.05, 0.1) is 5.56 Å². The average molecular weight is 372 g/mol. The number of aromatic amines is 1. The summed E-state index contributed by atoms with van der Waals surface area (Å²) in [6, 6.07) is 2.18. The molecule has 1 aromatic heterocycles. The molecule has 1 aliphatic heterocycles. The summed E-state index contributed by atoms with van der Waals surface area (Å²) >= 11 is 0. The largest absolute Gasteiger partial charge is 0.487 e. The van der Waals surface area contributed by atoms with Crippen LogP contribution in [0.15, 0.2) is 10.9 Å². The Balaban J connectivity index is 1.76. The highest BCUT2D eigenvalue weighted by atomic mass is 16.5. The van der Waals surface area contributed by atoms with Crippen molar-refractivity contribution in [3.8, 4) is 5.75 Å². The molecule has 2 aliphatic carbocycles. The molecule has 1 unspecified atom stereocenters. The van der Waals surface area contributed by atoms with E-state index in [4.69, 9.17) is 4.74 Å². The standard InChI is InChI=1S/C24H37NO2/c1-15-11-12-18-17(13-15)21-19(27-24(18,4)5)14-20(25-22(21)26)23(2,3)16-9-7-6-8-10-16/h14-18H,6-13H2,1-5H3,(H,25,26)/t15-,17-,18?/m1/s1. The molecule has 1 N–H and O–H groups in total. The molecule has 2 fully saturated rings. The maximum atomic E-state index is 13.3. The van der Waals surface area contributed by atoms with Crippen molar-refractivity contribution in [2.75, 3.05) is 0 Å². The number of rotatable bonds is 2. The summed E-state index contributed by atoms with van der Waals surface area (Å²) in [5.41, 5.74) is 1.88. The van der Waals surface area contributed by atoms with Crippen LogP contribution < -0.4 is 10.3 Å². The fourth-order valence-electron chi connectivity index (χ4n) is 6.26. The summed E-state index contributed by atoms with van der Waals surface area (Å²) < 4.78 is 6.51. The normalized spacial score (nSPS) is 30.9. The van der Waals surface area contributed by atoms with Crippen molar-refractivity contribution < 1.29 is 4.74 Å². The topological polar surface area (TPSA) is 42.1 Å². The van der Waals surface area contributed by atoms with Crippen molar-refractivity contribution in [3.05, 3.63) is 27.7 Å². The lowest BCUT2D eigenvalue weighted by molar-refractivity contribution is -0.0146. The highest BCUT2D eigenvalue weighted by molar-refractivity contribution is 5.42. The van der Waals surface area contributed by atoms with Crippen LogP contribution in [0, 0.1) is 17.8 Å². The molecule has 2 heterocycles. The Bertz CT molecular complexity index is 754. The first-order chi connectivity index (χ1) is 12.7. The highest BCUT2D eigenvalue weighted by Crippen LogP contribution is 2.52. The van der Waals surface area contributed by atoms with Gasteiger partial charge in [0.1, 0.15) is 11.4 Å². The van der Waals surface area contributed by atoms with Crippen LogP contribution in [-0.4, -0.2) is 10.6 Å². The minimum atomic E-state index is -0.197. The van der Waals surface area contributed by atoms with Gasteiger partial charge in [0.25, 0.3) is 5.56 Å². The summed E-state index contributed by atoms with van der Waals surface area (Å²) in [6.07, 6.45) is 10.0. The summed E-state index contributed by atoms with van der Waals surface area (Å²) in [5.74, 6) is 2.96. The first kappa shape index (κ1) is 19.1. The zero-order valence-corrected chi connectivity index (χ0v) is 17.9. The number of pyridine rings is 1. The highest BCUT2D eigenvalue weighted by Gasteiger charge is 2.47. The van der Waals surface area contributed by atoms with E-state index in [1.165, 1.54) is 38.5 Å². The molecule has 2 saturated carbocycles. The molecule has 3 atom stereocenters. The van der Waals surface area contributed by atoms with Gasteiger partial charge in [-0.3, -0.25) is 4.79 Å². The van der Waals surface area contributed by atoms with Crippen LogP contribution >= 0.6 is 0 Å². The lowest BCUT2D eigenvalue weighted by Crippen LogP contribution is -2.48. The third-order valence-electron chi connectivity index (χ3n) is 8.10. The number of nitrogens with one attached hydrogen (secondary N) is 1. The first-order valence-electron chi connectivity index (χ1n) is 11.2.